The van der Waals surface area contributed by atoms with Crippen LogP contribution in [-0.2, 0) is 0 Å². The lowest BCUT2D eigenvalue weighted by atomic mass is 9.87. The van der Waals surface area contributed by atoms with E-state index in [-0.39, 0.29) is 0 Å². The van der Waals surface area contributed by atoms with Crippen LogP contribution in [0.4, 0.5) is 0 Å². The SMILES string of the molecule is CC(C)CN(C1CCCC1)C1(CN)CCSCC1. The predicted molar refractivity (Wildman–Crippen MR) is 82.1 cm³/mol. The molecule has 18 heavy (non-hydrogen) atoms. The molecule has 0 bridgehead atoms. The summed E-state index contributed by atoms with van der Waals surface area (Å²) in [7, 11) is 0. The van der Waals surface area contributed by atoms with E-state index in [0.717, 1.165) is 18.5 Å². The fourth-order valence-electron chi connectivity index (χ4n) is 3.70. The third kappa shape index (κ3) is 3.23. The van der Waals surface area contributed by atoms with Gasteiger partial charge in [0.05, 0.1) is 0 Å². The second-order valence-electron chi connectivity index (χ2n) is 6.53. The molecule has 1 aliphatic carbocycles. The Kier molecular flexibility index (Phi) is 5.40. The molecule has 0 aromatic heterocycles. The minimum atomic E-state index is 0.324. The lowest BCUT2D eigenvalue weighted by molar-refractivity contribution is 0.0309. The van der Waals surface area contributed by atoms with Crippen LogP contribution >= 0.6 is 11.8 Å². The van der Waals surface area contributed by atoms with Crippen molar-refractivity contribution in [2.24, 2.45) is 11.7 Å². The Morgan fingerprint density at radius 1 is 1.22 bits per heavy atom. The van der Waals surface area contributed by atoms with Crippen LogP contribution in [0.2, 0.25) is 0 Å². The molecule has 2 aliphatic rings. The van der Waals surface area contributed by atoms with Crippen LogP contribution in [0.5, 0.6) is 0 Å². The lowest BCUT2D eigenvalue weighted by Crippen LogP contribution is -2.59. The van der Waals surface area contributed by atoms with Gasteiger partial charge in [-0.2, -0.15) is 11.8 Å². The van der Waals surface area contributed by atoms with E-state index >= 15 is 0 Å². The van der Waals surface area contributed by atoms with Gasteiger partial charge in [0.2, 0.25) is 0 Å². The van der Waals surface area contributed by atoms with E-state index in [1.54, 1.807) is 0 Å². The Labute approximate surface area is 117 Å². The monoisotopic (exact) mass is 270 g/mol. The van der Waals surface area contributed by atoms with Gasteiger partial charge in [-0.3, -0.25) is 4.90 Å². The Morgan fingerprint density at radius 3 is 2.33 bits per heavy atom. The maximum absolute atomic E-state index is 6.23. The Morgan fingerprint density at radius 2 is 1.83 bits per heavy atom. The molecule has 2 nitrogen and oxygen atoms in total. The molecular formula is C15H30N2S. The summed E-state index contributed by atoms with van der Waals surface area (Å²) in [4.78, 5) is 2.84. The zero-order chi connectivity index (χ0) is 13.0. The van der Waals surface area contributed by atoms with Crippen molar-refractivity contribution in [2.45, 2.75) is 64.0 Å². The molecule has 1 aliphatic heterocycles. The van der Waals surface area contributed by atoms with E-state index in [1.165, 1.54) is 56.6 Å². The molecule has 0 unspecified atom stereocenters. The first-order chi connectivity index (χ1) is 8.68. The largest absolute Gasteiger partial charge is 0.329 e. The van der Waals surface area contributed by atoms with Crippen molar-refractivity contribution in [2.75, 3.05) is 24.6 Å². The summed E-state index contributed by atoms with van der Waals surface area (Å²) in [5.41, 5.74) is 6.56. The molecule has 1 heterocycles. The molecular weight excluding hydrogens is 240 g/mol. The quantitative estimate of drug-likeness (QED) is 0.832. The first kappa shape index (κ1) is 14.7. The first-order valence-electron chi connectivity index (χ1n) is 7.72. The third-order valence-corrected chi connectivity index (χ3v) is 5.73. The molecule has 0 radical (unpaired) electrons. The third-order valence-electron chi connectivity index (χ3n) is 4.74. The minimum absolute atomic E-state index is 0.324. The van der Waals surface area contributed by atoms with Gasteiger partial charge in [-0.05, 0) is 43.1 Å². The van der Waals surface area contributed by atoms with Gasteiger partial charge in [0.25, 0.3) is 0 Å². The van der Waals surface area contributed by atoms with Crippen LogP contribution in [0, 0.1) is 5.92 Å². The predicted octanol–water partition coefficient (Wildman–Crippen LogP) is 3.11. The zero-order valence-electron chi connectivity index (χ0n) is 12.2. The van der Waals surface area contributed by atoms with Gasteiger partial charge in [-0.25, -0.2) is 0 Å². The molecule has 2 N–H and O–H groups in total. The Bertz CT molecular complexity index is 243. The van der Waals surface area contributed by atoms with E-state index in [2.05, 4.69) is 30.5 Å². The highest BCUT2D eigenvalue weighted by Crippen LogP contribution is 2.37. The molecule has 2 rings (SSSR count). The van der Waals surface area contributed by atoms with Gasteiger partial charge in [0.15, 0.2) is 0 Å². The van der Waals surface area contributed by atoms with Gasteiger partial charge in [-0.1, -0.05) is 26.7 Å². The van der Waals surface area contributed by atoms with Gasteiger partial charge in [-0.15, -0.1) is 0 Å². The van der Waals surface area contributed by atoms with Gasteiger partial charge < -0.3 is 5.73 Å². The van der Waals surface area contributed by atoms with Crippen LogP contribution in [0.3, 0.4) is 0 Å². The summed E-state index contributed by atoms with van der Waals surface area (Å²) in [5, 5.41) is 0. The van der Waals surface area contributed by atoms with E-state index in [4.69, 9.17) is 5.73 Å². The second kappa shape index (κ2) is 6.62. The number of hydrogen-bond donors (Lipinski definition) is 1. The van der Waals surface area contributed by atoms with Crippen LogP contribution in [-0.4, -0.2) is 41.1 Å². The summed E-state index contributed by atoms with van der Waals surface area (Å²) >= 11 is 2.11. The fraction of sp³-hybridized carbons (Fsp3) is 1.00. The van der Waals surface area contributed by atoms with Crippen molar-refractivity contribution in [3.63, 3.8) is 0 Å². The van der Waals surface area contributed by atoms with Gasteiger partial charge in [0, 0.05) is 24.7 Å². The van der Waals surface area contributed by atoms with Crippen molar-refractivity contribution in [3.8, 4) is 0 Å². The van der Waals surface area contributed by atoms with Crippen LogP contribution < -0.4 is 5.73 Å². The van der Waals surface area contributed by atoms with E-state index in [1.807, 2.05) is 0 Å². The van der Waals surface area contributed by atoms with E-state index < -0.39 is 0 Å². The molecule has 0 aromatic carbocycles. The van der Waals surface area contributed by atoms with Crippen LogP contribution in [0.1, 0.15) is 52.4 Å². The number of nitrogens with two attached hydrogens (primary N) is 1. The maximum atomic E-state index is 6.23. The first-order valence-corrected chi connectivity index (χ1v) is 8.88. The van der Waals surface area contributed by atoms with Crippen molar-refractivity contribution < 1.29 is 0 Å². The number of thioether (sulfide) groups is 1. The zero-order valence-corrected chi connectivity index (χ0v) is 13.0. The molecule has 0 amide bonds. The summed E-state index contributed by atoms with van der Waals surface area (Å²) in [6.07, 6.45) is 8.27. The normalized spacial score (nSPS) is 25.2. The highest BCUT2D eigenvalue weighted by molar-refractivity contribution is 7.99. The number of nitrogens with zero attached hydrogens (tertiary/aromatic N) is 1. The Balaban J connectivity index is 2.13. The molecule has 2 fully saturated rings. The molecule has 106 valence electrons. The number of rotatable bonds is 5. The average Bonchev–Trinajstić information content (AvgIpc) is 2.90. The molecule has 1 saturated heterocycles. The minimum Gasteiger partial charge on any atom is -0.329 e. The van der Waals surface area contributed by atoms with E-state index in [0.29, 0.717) is 5.54 Å². The molecule has 0 aromatic rings. The van der Waals surface area contributed by atoms with Crippen molar-refractivity contribution in [3.05, 3.63) is 0 Å². The highest BCUT2D eigenvalue weighted by atomic mass is 32.2. The number of hydrogen-bond acceptors (Lipinski definition) is 3. The molecule has 3 heteroatoms. The van der Waals surface area contributed by atoms with Gasteiger partial charge >= 0.3 is 0 Å². The fourth-order valence-corrected chi connectivity index (χ4v) is 4.95. The van der Waals surface area contributed by atoms with Gasteiger partial charge in [0.1, 0.15) is 0 Å². The van der Waals surface area contributed by atoms with Crippen molar-refractivity contribution >= 4 is 11.8 Å². The maximum Gasteiger partial charge on any atom is 0.0350 e. The summed E-state index contributed by atoms with van der Waals surface area (Å²) in [6, 6.07) is 0.819. The summed E-state index contributed by atoms with van der Waals surface area (Å²) in [5.74, 6) is 3.36. The average molecular weight is 270 g/mol. The molecule has 0 spiro atoms. The molecule has 0 atom stereocenters. The molecule has 1 saturated carbocycles. The smallest absolute Gasteiger partial charge is 0.0350 e. The standard InChI is InChI=1S/C15H30N2S/c1-13(2)11-17(14-5-3-4-6-14)15(12-16)7-9-18-10-8-15/h13-14H,3-12,16H2,1-2H3. The lowest BCUT2D eigenvalue weighted by Gasteiger charge is -2.49. The van der Waals surface area contributed by atoms with Crippen LogP contribution in [0.15, 0.2) is 0 Å². The van der Waals surface area contributed by atoms with E-state index in [9.17, 15) is 0 Å². The topological polar surface area (TPSA) is 29.3 Å². The Hall–Kier alpha value is 0.270. The van der Waals surface area contributed by atoms with Crippen molar-refractivity contribution in [1.29, 1.82) is 0 Å². The summed E-state index contributed by atoms with van der Waals surface area (Å²) in [6.45, 7) is 6.80. The van der Waals surface area contributed by atoms with Crippen LogP contribution in [0.25, 0.3) is 0 Å². The highest BCUT2D eigenvalue weighted by Gasteiger charge is 2.41. The second-order valence-corrected chi connectivity index (χ2v) is 7.75. The summed E-state index contributed by atoms with van der Waals surface area (Å²) < 4.78 is 0. The van der Waals surface area contributed by atoms with Crippen molar-refractivity contribution in [1.82, 2.24) is 4.90 Å².